The third-order valence-electron chi connectivity index (χ3n) is 3.08. The van der Waals surface area contributed by atoms with Crippen molar-refractivity contribution >= 4 is 34.5 Å². The van der Waals surface area contributed by atoms with E-state index >= 15 is 0 Å². The molecule has 0 atom stereocenters. The number of rotatable bonds is 6. The fraction of sp³-hybridized carbons (Fsp3) is 0.438. The largest absolute Gasteiger partial charge is 0.312 e. The smallest absolute Gasteiger partial charge is 0.123 e. The van der Waals surface area contributed by atoms with Crippen molar-refractivity contribution in [2.24, 2.45) is 5.92 Å². The van der Waals surface area contributed by atoms with E-state index in [0.717, 1.165) is 30.1 Å². The molecule has 0 amide bonds. The fourth-order valence-electron chi connectivity index (χ4n) is 2.06. The number of thiazole rings is 1. The molecule has 0 aliphatic rings. The summed E-state index contributed by atoms with van der Waals surface area (Å²) in [4.78, 5) is 6.13. The maximum Gasteiger partial charge on any atom is 0.123 e. The molecule has 114 valence electrons. The van der Waals surface area contributed by atoms with E-state index in [1.54, 1.807) is 11.3 Å². The first kappa shape index (κ1) is 16.8. The zero-order valence-corrected chi connectivity index (χ0v) is 14.9. The number of hydrogen-bond acceptors (Lipinski definition) is 3. The molecule has 2 rings (SSSR count). The first-order valence-corrected chi connectivity index (χ1v) is 8.73. The number of halogens is 2. The van der Waals surface area contributed by atoms with Crippen LogP contribution in [0.2, 0.25) is 10.0 Å². The Morgan fingerprint density at radius 3 is 2.62 bits per heavy atom. The molecule has 0 saturated carbocycles. The van der Waals surface area contributed by atoms with E-state index in [2.05, 4.69) is 26.1 Å². The van der Waals surface area contributed by atoms with Crippen LogP contribution < -0.4 is 5.32 Å². The molecule has 1 heterocycles. The van der Waals surface area contributed by atoms with Gasteiger partial charge in [0.25, 0.3) is 0 Å². The van der Waals surface area contributed by atoms with Crippen molar-refractivity contribution in [3.8, 4) is 10.6 Å². The molecule has 0 bridgehead atoms. The highest BCUT2D eigenvalue weighted by Gasteiger charge is 2.14. The van der Waals surface area contributed by atoms with Crippen LogP contribution >= 0.6 is 34.5 Å². The predicted octanol–water partition coefficient (Wildman–Crippen LogP) is 5.42. The maximum atomic E-state index is 6.11. The van der Waals surface area contributed by atoms with E-state index in [-0.39, 0.29) is 0 Å². The van der Waals surface area contributed by atoms with E-state index in [0.29, 0.717) is 16.0 Å². The summed E-state index contributed by atoms with van der Waals surface area (Å²) < 4.78 is 0. The SMILES string of the molecule is CCNCc1sc(-c2ccc(Cl)c(Cl)c2)nc1CC(C)C. The Balaban J connectivity index is 2.34. The van der Waals surface area contributed by atoms with Crippen LogP contribution in [0.3, 0.4) is 0 Å². The van der Waals surface area contributed by atoms with Crippen molar-refractivity contribution in [1.82, 2.24) is 10.3 Å². The van der Waals surface area contributed by atoms with Crippen LogP contribution in [0.4, 0.5) is 0 Å². The van der Waals surface area contributed by atoms with Crippen LogP contribution in [0.1, 0.15) is 31.3 Å². The molecule has 1 aromatic carbocycles. The molecular weight excluding hydrogens is 323 g/mol. The molecule has 1 aromatic heterocycles. The second-order valence-corrected chi connectivity index (χ2v) is 7.29. The average molecular weight is 343 g/mol. The number of aromatic nitrogens is 1. The maximum absolute atomic E-state index is 6.11. The second-order valence-electron chi connectivity index (χ2n) is 5.40. The van der Waals surface area contributed by atoms with Crippen molar-refractivity contribution in [3.63, 3.8) is 0 Å². The van der Waals surface area contributed by atoms with Crippen molar-refractivity contribution in [2.45, 2.75) is 33.7 Å². The lowest BCUT2D eigenvalue weighted by Gasteiger charge is -2.04. The minimum atomic E-state index is 0.572. The molecule has 21 heavy (non-hydrogen) atoms. The van der Waals surface area contributed by atoms with Gasteiger partial charge >= 0.3 is 0 Å². The highest BCUT2D eigenvalue weighted by molar-refractivity contribution is 7.15. The number of benzene rings is 1. The lowest BCUT2D eigenvalue weighted by atomic mass is 10.1. The van der Waals surface area contributed by atoms with Gasteiger partial charge in [-0.25, -0.2) is 4.98 Å². The molecular formula is C16H20Cl2N2S. The highest BCUT2D eigenvalue weighted by Crippen LogP contribution is 2.33. The Morgan fingerprint density at radius 2 is 2.00 bits per heavy atom. The summed E-state index contributed by atoms with van der Waals surface area (Å²) in [5.41, 5.74) is 2.22. The molecule has 0 aliphatic carbocycles. The third-order valence-corrected chi connectivity index (χ3v) is 4.97. The summed E-state index contributed by atoms with van der Waals surface area (Å²) in [6.45, 7) is 8.38. The lowest BCUT2D eigenvalue weighted by molar-refractivity contribution is 0.628. The minimum absolute atomic E-state index is 0.572. The Hall–Kier alpha value is -0.610. The molecule has 0 spiro atoms. The highest BCUT2D eigenvalue weighted by atomic mass is 35.5. The van der Waals surface area contributed by atoms with E-state index < -0.39 is 0 Å². The van der Waals surface area contributed by atoms with Crippen LogP contribution in [0.25, 0.3) is 10.6 Å². The monoisotopic (exact) mass is 342 g/mol. The van der Waals surface area contributed by atoms with Crippen molar-refractivity contribution in [1.29, 1.82) is 0 Å². The van der Waals surface area contributed by atoms with Crippen LogP contribution in [0.15, 0.2) is 18.2 Å². The van der Waals surface area contributed by atoms with Gasteiger partial charge in [-0.3, -0.25) is 0 Å². The van der Waals surface area contributed by atoms with Gasteiger partial charge in [0, 0.05) is 17.0 Å². The quantitative estimate of drug-likeness (QED) is 0.757. The molecule has 2 nitrogen and oxygen atoms in total. The number of nitrogens with one attached hydrogen (secondary N) is 1. The van der Waals surface area contributed by atoms with Gasteiger partial charge in [0.2, 0.25) is 0 Å². The van der Waals surface area contributed by atoms with Crippen LogP contribution in [0, 0.1) is 5.92 Å². The summed E-state index contributed by atoms with van der Waals surface area (Å²) in [7, 11) is 0. The van der Waals surface area contributed by atoms with E-state index in [1.807, 2.05) is 18.2 Å². The molecule has 0 unspecified atom stereocenters. The Labute approximate surface area is 140 Å². The van der Waals surface area contributed by atoms with Gasteiger partial charge in [0.1, 0.15) is 5.01 Å². The third kappa shape index (κ3) is 4.43. The molecule has 5 heteroatoms. The summed E-state index contributed by atoms with van der Waals surface area (Å²) >= 11 is 13.8. The van der Waals surface area contributed by atoms with Gasteiger partial charge in [-0.15, -0.1) is 11.3 Å². The van der Waals surface area contributed by atoms with Crippen molar-refractivity contribution in [2.75, 3.05) is 6.54 Å². The molecule has 2 aromatic rings. The van der Waals surface area contributed by atoms with Crippen LogP contribution in [-0.4, -0.2) is 11.5 Å². The van der Waals surface area contributed by atoms with Gasteiger partial charge in [-0.1, -0.05) is 50.0 Å². The normalized spacial score (nSPS) is 11.3. The van der Waals surface area contributed by atoms with Crippen LogP contribution in [0.5, 0.6) is 0 Å². The zero-order chi connectivity index (χ0) is 15.4. The van der Waals surface area contributed by atoms with E-state index in [9.17, 15) is 0 Å². The first-order chi connectivity index (χ1) is 10.0. The minimum Gasteiger partial charge on any atom is -0.312 e. The zero-order valence-electron chi connectivity index (χ0n) is 12.5. The van der Waals surface area contributed by atoms with Gasteiger partial charge in [0.05, 0.1) is 15.7 Å². The fourth-order valence-corrected chi connectivity index (χ4v) is 3.41. The Bertz CT molecular complexity index is 608. The molecule has 0 saturated heterocycles. The van der Waals surface area contributed by atoms with E-state index in [1.165, 1.54) is 10.6 Å². The summed E-state index contributed by atoms with van der Waals surface area (Å²) in [6.07, 6.45) is 0.999. The van der Waals surface area contributed by atoms with Gasteiger partial charge in [-0.2, -0.15) is 0 Å². The summed E-state index contributed by atoms with van der Waals surface area (Å²) in [5, 5.41) is 5.55. The predicted molar refractivity (Wildman–Crippen MR) is 93.5 cm³/mol. The van der Waals surface area contributed by atoms with E-state index in [4.69, 9.17) is 28.2 Å². The summed E-state index contributed by atoms with van der Waals surface area (Å²) in [6, 6.07) is 5.69. The number of hydrogen-bond donors (Lipinski definition) is 1. The van der Waals surface area contributed by atoms with Crippen LogP contribution in [-0.2, 0) is 13.0 Å². The average Bonchev–Trinajstić information content (AvgIpc) is 2.82. The Kier molecular flexibility index (Phi) is 6.06. The summed E-state index contributed by atoms with van der Waals surface area (Å²) in [5.74, 6) is 0.592. The topological polar surface area (TPSA) is 24.9 Å². The molecule has 0 radical (unpaired) electrons. The molecule has 1 N–H and O–H groups in total. The van der Waals surface area contributed by atoms with Crippen molar-refractivity contribution < 1.29 is 0 Å². The second kappa shape index (κ2) is 7.59. The first-order valence-electron chi connectivity index (χ1n) is 7.16. The molecule has 0 fully saturated rings. The Morgan fingerprint density at radius 1 is 1.24 bits per heavy atom. The van der Waals surface area contributed by atoms with Gasteiger partial charge in [-0.05, 0) is 31.0 Å². The van der Waals surface area contributed by atoms with Gasteiger partial charge < -0.3 is 5.32 Å². The standard InChI is InChI=1S/C16H20Cl2N2S/c1-4-19-9-15-14(7-10(2)3)20-16(21-15)11-5-6-12(17)13(18)8-11/h5-6,8,10,19H,4,7,9H2,1-3H3. The molecule has 0 aliphatic heterocycles. The lowest BCUT2D eigenvalue weighted by Crippen LogP contribution is -2.12. The van der Waals surface area contributed by atoms with Gasteiger partial charge in [0.15, 0.2) is 0 Å². The van der Waals surface area contributed by atoms with Crippen molar-refractivity contribution in [3.05, 3.63) is 38.8 Å². The number of nitrogens with zero attached hydrogens (tertiary/aromatic N) is 1.